The molecule has 0 unspecified atom stereocenters. The van der Waals surface area contributed by atoms with E-state index in [2.05, 4.69) is 26.5 Å². The molecule has 5 aromatic rings. The van der Waals surface area contributed by atoms with Gasteiger partial charge in [0.15, 0.2) is 0 Å². The predicted octanol–water partition coefficient (Wildman–Crippen LogP) is 4.57. The number of rotatable bonds is 6. The highest BCUT2D eigenvalue weighted by molar-refractivity contribution is 6.33. The Morgan fingerprint density at radius 3 is 2.61 bits per heavy atom. The third-order valence-electron chi connectivity index (χ3n) is 8.21. The first kappa shape index (κ1) is 25.2. The van der Waals surface area contributed by atoms with E-state index < -0.39 is 11.7 Å². The fourth-order valence-corrected chi connectivity index (χ4v) is 6.29. The van der Waals surface area contributed by atoms with Crippen LogP contribution in [0.4, 0.5) is 10.2 Å². The molecule has 1 aliphatic carbocycles. The van der Waals surface area contributed by atoms with Gasteiger partial charge < -0.3 is 10.2 Å². The Morgan fingerprint density at radius 2 is 1.93 bits per heavy atom. The minimum absolute atomic E-state index is 0.105. The summed E-state index contributed by atoms with van der Waals surface area (Å²) >= 11 is 6.03. The monoisotopic (exact) mass is 566 g/mol. The van der Waals surface area contributed by atoms with Crippen LogP contribution < -0.4 is 10.2 Å². The zero-order valence-corrected chi connectivity index (χ0v) is 22.8. The van der Waals surface area contributed by atoms with Gasteiger partial charge in [0.2, 0.25) is 0 Å². The summed E-state index contributed by atoms with van der Waals surface area (Å²) < 4.78 is 17.5. The largest absolute Gasteiger partial charge is 0.356 e. The van der Waals surface area contributed by atoms with Crippen molar-refractivity contribution < 1.29 is 9.18 Å². The number of nitrogens with one attached hydrogen (secondary N) is 1. The molecule has 1 saturated carbocycles. The van der Waals surface area contributed by atoms with E-state index in [-0.39, 0.29) is 10.6 Å². The van der Waals surface area contributed by atoms with E-state index in [1.54, 1.807) is 21.6 Å². The molecule has 0 spiro atoms. The average molecular weight is 567 g/mol. The molecule has 4 aromatic heterocycles. The van der Waals surface area contributed by atoms with E-state index >= 15 is 0 Å². The Hall–Kier alpha value is -4.75. The normalized spacial score (nSPS) is 19.3. The van der Waals surface area contributed by atoms with Gasteiger partial charge in [0.05, 0.1) is 34.1 Å². The lowest BCUT2D eigenvalue weighted by atomic mass is 10.0. The first-order valence-electron chi connectivity index (χ1n) is 13.3. The molecule has 41 heavy (non-hydrogen) atoms. The number of benzene rings is 1. The van der Waals surface area contributed by atoms with Crippen molar-refractivity contribution in [2.75, 3.05) is 24.5 Å². The number of hydrogen-bond donors (Lipinski definition) is 1. The van der Waals surface area contributed by atoms with Gasteiger partial charge in [0, 0.05) is 67.5 Å². The Bertz CT molecular complexity index is 1820. The highest BCUT2D eigenvalue weighted by atomic mass is 35.5. The van der Waals surface area contributed by atoms with E-state index in [1.165, 1.54) is 18.2 Å². The molecule has 1 amide bonds. The Morgan fingerprint density at radius 1 is 1.10 bits per heavy atom. The lowest BCUT2D eigenvalue weighted by Crippen LogP contribution is -2.31. The summed E-state index contributed by atoms with van der Waals surface area (Å²) in [6.07, 6.45) is 9.05. The average Bonchev–Trinajstić information content (AvgIpc) is 3.41. The molecule has 1 N–H and O–H groups in total. The van der Waals surface area contributed by atoms with Crippen LogP contribution in [0.3, 0.4) is 0 Å². The van der Waals surface area contributed by atoms with Crippen LogP contribution in [-0.4, -0.2) is 49.9 Å². The van der Waals surface area contributed by atoms with Crippen LogP contribution in [0, 0.1) is 34.9 Å². The standard InChI is InChI=1S/C30H24ClFN8O/c1-38-13-20(11-36-38)18-7-21(29-19(8-33)10-37-40(29)14-18)17-5-6-27(34-9-17)39-15-23-22(24(23)16-39)12-35-30(41)28-25(31)3-2-4-26(28)32/h2-7,9-11,13-14,22-24H,12,15-16H2,1H3,(H,35,41)/t22-,23-,24+. The van der Waals surface area contributed by atoms with Gasteiger partial charge in [0.25, 0.3) is 5.91 Å². The maximum absolute atomic E-state index is 14.1. The van der Waals surface area contributed by atoms with Crippen molar-refractivity contribution in [1.29, 1.82) is 5.26 Å². The van der Waals surface area contributed by atoms with Gasteiger partial charge in [-0.1, -0.05) is 17.7 Å². The molecule has 1 aromatic carbocycles. The number of aromatic nitrogens is 5. The zero-order valence-electron chi connectivity index (χ0n) is 22.0. The molecule has 1 aliphatic heterocycles. The number of hydrogen-bond acceptors (Lipinski definition) is 6. The highest BCUT2D eigenvalue weighted by Crippen LogP contribution is 2.52. The van der Waals surface area contributed by atoms with E-state index in [0.29, 0.717) is 29.9 Å². The van der Waals surface area contributed by atoms with Crippen molar-refractivity contribution in [3.05, 3.63) is 89.3 Å². The summed E-state index contributed by atoms with van der Waals surface area (Å²) in [5.41, 5.74) is 4.77. The second-order valence-electron chi connectivity index (χ2n) is 10.6. The van der Waals surface area contributed by atoms with Crippen LogP contribution in [0.25, 0.3) is 27.8 Å². The summed E-state index contributed by atoms with van der Waals surface area (Å²) in [5, 5.41) is 21.4. The maximum atomic E-state index is 14.1. The molecule has 7 rings (SSSR count). The van der Waals surface area contributed by atoms with Gasteiger partial charge in [-0.05, 0) is 48.1 Å². The van der Waals surface area contributed by atoms with Gasteiger partial charge >= 0.3 is 0 Å². The summed E-state index contributed by atoms with van der Waals surface area (Å²) in [4.78, 5) is 19.5. The number of carbonyl (C=O) groups is 1. The SMILES string of the molecule is Cn1cc(-c2cc(-c3ccc(N4C[C@@H]5[C@@H](CNC(=O)c6c(F)cccc6Cl)[C@@H]5C4)nc3)c3c(C#N)cnn3c2)cn1. The number of pyridine rings is 2. The van der Waals surface area contributed by atoms with Crippen molar-refractivity contribution in [2.45, 2.75) is 0 Å². The molecule has 11 heteroatoms. The number of halogens is 2. The first-order valence-corrected chi connectivity index (χ1v) is 13.6. The third kappa shape index (κ3) is 4.39. The number of nitrogens with zero attached hydrogens (tertiary/aromatic N) is 7. The second kappa shape index (κ2) is 9.71. The molecule has 0 radical (unpaired) electrons. The molecule has 9 nitrogen and oxygen atoms in total. The molecule has 1 saturated heterocycles. The van der Waals surface area contributed by atoms with Crippen LogP contribution in [0.2, 0.25) is 5.02 Å². The van der Waals surface area contributed by atoms with Gasteiger partial charge in [-0.25, -0.2) is 13.9 Å². The molecule has 2 fully saturated rings. The summed E-state index contributed by atoms with van der Waals surface area (Å²) in [5.74, 6) is 1.05. The number of carbonyl (C=O) groups excluding carboxylic acids is 1. The van der Waals surface area contributed by atoms with Crippen LogP contribution in [-0.2, 0) is 7.05 Å². The van der Waals surface area contributed by atoms with Crippen molar-refractivity contribution in [3.8, 4) is 28.3 Å². The van der Waals surface area contributed by atoms with Crippen LogP contribution in [0.1, 0.15) is 15.9 Å². The van der Waals surface area contributed by atoms with E-state index in [0.717, 1.165) is 46.7 Å². The van der Waals surface area contributed by atoms with Crippen LogP contribution in [0.5, 0.6) is 0 Å². The number of piperidine rings is 1. The van der Waals surface area contributed by atoms with Gasteiger partial charge in [-0.15, -0.1) is 0 Å². The van der Waals surface area contributed by atoms with Crippen LogP contribution in [0.15, 0.2) is 67.4 Å². The molecular formula is C30H24ClFN8O. The van der Waals surface area contributed by atoms with Gasteiger partial charge in [0.1, 0.15) is 17.7 Å². The van der Waals surface area contributed by atoms with Crippen LogP contribution >= 0.6 is 11.6 Å². The molecular weight excluding hydrogens is 543 g/mol. The molecule has 5 heterocycles. The second-order valence-corrected chi connectivity index (χ2v) is 11.0. The third-order valence-corrected chi connectivity index (χ3v) is 8.53. The number of aryl methyl sites for hydroxylation is 1. The van der Waals surface area contributed by atoms with Gasteiger partial charge in [-0.3, -0.25) is 9.48 Å². The molecule has 2 aliphatic rings. The zero-order chi connectivity index (χ0) is 28.2. The lowest BCUT2D eigenvalue weighted by molar-refractivity contribution is 0.0946. The smallest absolute Gasteiger partial charge is 0.255 e. The summed E-state index contributed by atoms with van der Waals surface area (Å²) in [6.45, 7) is 2.19. The fourth-order valence-electron chi connectivity index (χ4n) is 6.04. The van der Waals surface area contributed by atoms with Crippen molar-refractivity contribution >= 4 is 28.8 Å². The Balaban J connectivity index is 1.05. The molecule has 204 valence electrons. The highest BCUT2D eigenvalue weighted by Gasteiger charge is 2.55. The fraction of sp³-hybridized carbons (Fsp3) is 0.233. The quantitative estimate of drug-likeness (QED) is 0.323. The minimum atomic E-state index is -0.617. The Labute approximate surface area is 239 Å². The molecule has 3 atom stereocenters. The Kier molecular flexibility index (Phi) is 5.98. The topological polar surface area (TPSA) is 104 Å². The minimum Gasteiger partial charge on any atom is -0.356 e. The van der Waals surface area contributed by atoms with Gasteiger partial charge in [-0.2, -0.15) is 15.5 Å². The predicted molar refractivity (Wildman–Crippen MR) is 152 cm³/mol. The number of anilines is 1. The lowest BCUT2D eigenvalue weighted by Gasteiger charge is -2.21. The molecule has 0 bridgehead atoms. The van der Waals surface area contributed by atoms with Crippen molar-refractivity contribution in [3.63, 3.8) is 0 Å². The number of amides is 1. The van der Waals surface area contributed by atoms with E-state index in [1.807, 2.05) is 43.8 Å². The number of fused-ring (bicyclic) bond motifs is 2. The van der Waals surface area contributed by atoms with Crippen molar-refractivity contribution in [1.82, 2.24) is 29.7 Å². The van der Waals surface area contributed by atoms with E-state index in [4.69, 9.17) is 16.6 Å². The maximum Gasteiger partial charge on any atom is 0.255 e. The van der Waals surface area contributed by atoms with E-state index in [9.17, 15) is 14.4 Å². The summed E-state index contributed by atoms with van der Waals surface area (Å²) in [6, 6.07) is 12.6. The summed E-state index contributed by atoms with van der Waals surface area (Å²) in [7, 11) is 1.87. The first-order chi connectivity index (χ1) is 19.9. The number of nitriles is 1. The van der Waals surface area contributed by atoms with Crippen molar-refractivity contribution in [2.24, 2.45) is 24.8 Å².